The summed E-state index contributed by atoms with van der Waals surface area (Å²) in [5.41, 5.74) is -7.32. The number of hydrogen-bond donors (Lipinski definition) is 0. The average molecular weight is 907 g/mol. The topological polar surface area (TPSA) is 130 Å². The van der Waals surface area contributed by atoms with E-state index >= 15 is 0 Å². The van der Waals surface area contributed by atoms with Crippen LogP contribution in [-0.2, 0) is 28.8 Å². The lowest BCUT2D eigenvalue weighted by Gasteiger charge is -2.13. The molecule has 0 atom stereocenters. The van der Waals surface area contributed by atoms with Gasteiger partial charge in [-0.25, -0.2) is 39.5 Å². The molecule has 0 aromatic heterocycles. The lowest BCUT2D eigenvalue weighted by Crippen LogP contribution is -2.25. The highest BCUT2D eigenvalue weighted by Crippen LogP contribution is 2.32. The molecule has 0 amide bonds. The third-order valence-corrected chi connectivity index (χ3v) is 9.44. The van der Waals surface area contributed by atoms with Gasteiger partial charge in [0, 0.05) is 23.1 Å². The fourth-order valence-corrected chi connectivity index (χ4v) is 6.18. The molecule has 27 heteroatoms. The van der Waals surface area contributed by atoms with E-state index in [-0.39, 0.29) is 31.1 Å². The minimum Gasteiger partial charge on any atom is -0.493 e. The Balaban J connectivity index is 1.38. The van der Waals surface area contributed by atoms with Gasteiger partial charge >= 0.3 is 32.6 Å². The van der Waals surface area contributed by atoms with E-state index in [4.69, 9.17) is 9.47 Å². The Hall–Kier alpha value is -5.73. The molecule has 320 valence electrons. The molecule has 0 spiro atoms. The minimum atomic E-state index is -6.16. The van der Waals surface area contributed by atoms with Crippen LogP contribution in [0.5, 0.6) is 11.5 Å². The summed E-state index contributed by atoms with van der Waals surface area (Å²) >= 11 is 0. The van der Waals surface area contributed by atoms with Crippen LogP contribution >= 0.6 is 0 Å². The first kappa shape index (κ1) is 46.0. The van der Waals surface area contributed by atoms with Crippen LogP contribution in [-0.4, -0.2) is 53.8 Å². The van der Waals surface area contributed by atoms with Crippen molar-refractivity contribution in [2.24, 2.45) is 10.3 Å². The largest absolute Gasteiger partial charge is 0.493 e. The highest BCUT2D eigenvalue weighted by Gasteiger charge is 2.41. The van der Waals surface area contributed by atoms with Crippen molar-refractivity contribution in [1.29, 1.82) is 0 Å². The van der Waals surface area contributed by atoms with Crippen molar-refractivity contribution in [2.75, 3.05) is 13.2 Å². The Bertz CT molecular complexity index is 2300. The van der Waals surface area contributed by atoms with Crippen molar-refractivity contribution in [3.05, 3.63) is 118 Å². The van der Waals surface area contributed by atoms with E-state index in [2.05, 4.69) is 18.9 Å². The molecule has 0 saturated carbocycles. The molecule has 0 aliphatic heterocycles. The predicted octanol–water partition coefficient (Wildman–Crippen LogP) is 8.44. The fourth-order valence-electron chi connectivity index (χ4n) is 4.39. The monoisotopic (exact) mass is 906 g/mol. The molecule has 4 rings (SSSR count). The van der Waals surface area contributed by atoms with Crippen molar-refractivity contribution in [3.8, 4) is 11.5 Å². The maximum atomic E-state index is 14.3. The summed E-state index contributed by atoms with van der Waals surface area (Å²) in [4.78, 5) is -4.85. The lowest BCUT2D eigenvalue weighted by molar-refractivity contribution is -0.0606. The van der Waals surface area contributed by atoms with Crippen molar-refractivity contribution >= 4 is 31.7 Å². The molecular weight excluding hydrogens is 889 g/mol. The second-order valence-electron chi connectivity index (χ2n) is 11.1. The zero-order valence-electron chi connectivity index (χ0n) is 28.4. The van der Waals surface area contributed by atoms with Gasteiger partial charge in [-0.05, 0) is 55.5 Å². The van der Waals surface area contributed by atoms with Crippen LogP contribution in [0.2, 0.25) is 0 Å². The Kier molecular flexibility index (Phi) is 13.4. The minimum absolute atomic E-state index is 0.000310. The van der Waals surface area contributed by atoms with Gasteiger partial charge in [-0.2, -0.15) is 43.2 Å². The molecule has 0 aliphatic carbocycles. The number of benzene rings is 4. The van der Waals surface area contributed by atoms with Crippen LogP contribution in [0.25, 0.3) is 0 Å². The molecule has 0 radical (unpaired) electrons. The van der Waals surface area contributed by atoms with Gasteiger partial charge in [0.1, 0.15) is 11.5 Å². The van der Waals surface area contributed by atoms with Crippen LogP contribution in [0, 0.1) is 59.3 Å². The summed E-state index contributed by atoms with van der Waals surface area (Å²) < 4.78 is 273. The number of ether oxygens (including phenoxy) is 2. The van der Waals surface area contributed by atoms with Crippen LogP contribution in [0.3, 0.4) is 0 Å². The summed E-state index contributed by atoms with van der Waals surface area (Å²) in [5, 5.41) is 4.77. The molecule has 59 heavy (non-hydrogen) atoms. The number of alkyl halides is 6. The van der Waals surface area contributed by atoms with E-state index in [1.807, 2.05) is 0 Å². The first-order valence-corrected chi connectivity index (χ1v) is 18.0. The molecule has 0 fully saturated rings. The molecule has 0 aliphatic rings. The molecule has 0 N–H and O–H groups in total. The predicted molar refractivity (Wildman–Crippen MR) is 167 cm³/mol. The number of rotatable bonds is 14. The first-order chi connectivity index (χ1) is 27.2. The van der Waals surface area contributed by atoms with Gasteiger partial charge in [-0.3, -0.25) is 8.57 Å². The van der Waals surface area contributed by atoms with Crippen molar-refractivity contribution in [2.45, 2.75) is 35.5 Å². The Morgan fingerprint density at radius 1 is 0.492 bits per heavy atom. The third-order valence-electron chi connectivity index (χ3n) is 7.18. The van der Waals surface area contributed by atoms with Crippen LogP contribution in [0.15, 0.2) is 68.6 Å². The van der Waals surface area contributed by atoms with E-state index in [0.717, 1.165) is 24.3 Å². The van der Waals surface area contributed by atoms with Crippen molar-refractivity contribution in [1.82, 2.24) is 0 Å². The average Bonchev–Trinajstić information content (AvgIpc) is 3.14. The zero-order valence-corrected chi connectivity index (χ0v) is 30.0. The molecule has 10 nitrogen and oxygen atoms in total. The lowest BCUT2D eigenvalue weighted by atomic mass is 10.1. The molecule has 0 heterocycles. The van der Waals surface area contributed by atoms with Crippen LogP contribution < -0.4 is 9.47 Å². The maximum absolute atomic E-state index is 14.3. The van der Waals surface area contributed by atoms with Gasteiger partial charge in [0.25, 0.3) is 0 Å². The summed E-state index contributed by atoms with van der Waals surface area (Å²) in [6.45, 7) is 0.0696. The second kappa shape index (κ2) is 17.2. The highest BCUT2D eigenvalue weighted by atomic mass is 32.2. The van der Waals surface area contributed by atoms with E-state index in [0.29, 0.717) is 31.2 Å². The second-order valence-corrected chi connectivity index (χ2v) is 14.1. The van der Waals surface area contributed by atoms with Crippen molar-refractivity contribution in [3.63, 3.8) is 0 Å². The summed E-state index contributed by atoms with van der Waals surface area (Å²) in [5.74, 6) is -23.7. The zero-order chi connectivity index (χ0) is 44.4. The van der Waals surface area contributed by atoms with Crippen molar-refractivity contribution < 1.29 is 101 Å². The normalized spacial score (nSPS) is 13.1. The number of halogens is 15. The van der Waals surface area contributed by atoms with Gasteiger partial charge in [-0.15, -0.1) is 0 Å². The fraction of sp³-hybridized carbons (Fsp3) is 0.188. The maximum Gasteiger partial charge on any atom is 0.437 e. The Morgan fingerprint density at radius 2 is 0.797 bits per heavy atom. The summed E-state index contributed by atoms with van der Waals surface area (Å²) in [6.07, 6.45) is -11.0. The third kappa shape index (κ3) is 10.1. The van der Waals surface area contributed by atoms with Crippen LogP contribution in [0.4, 0.5) is 65.9 Å². The van der Waals surface area contributed by atoms with Gasteiger partial charge in [-0.1, -0.05) is 10.3 Å². The van der Waals surface area contributed by atoms with Gasteiger partial charge in [0.05, 0.1) is 13.2 Å². The summed E-state index contributed by atoms with van der Waals surface area (Å²) in [6, 6.07) is 6.39. The molecule has 4 aromatic rings. The smallest absolute Gasteiger partial charge is 0.437 e. The van der Waals surface area contributed by atoms with Crippen LogP contribution in [0.1, 0.15) is 23.1 Å². The summed E-state index contributed by atoms with van der Waals surface area (Å²) in [7, 11) is -12.1. The number of oxime groups is 2. The van der Waals surface area contributed by atoms with Gasteiger partial charge < -0.3 is 9.47 Å². The molecule has 0 unspecified atom stereocenters. The standard InChI is InChI=1S/C32H17F15N2O8S2/c1-13-18(33)20(35)24(39)27(19(13)34)58(50,51)56-48-29(31(42,43)44)14-3-7-16(8-4-14)54-11-2-12-55-17-9-5-15(6-10-17)30(32(45,46)47)49-57-59(52,53)28-25(40)22(37)21(36)23(38)26(28)41/h3-10H,2,11-12H2,1H3. The number of hydrogen-bond acceptors (Lipinski definition) is 10. The molecular formula is C32H17F15N2O8S2. The molecule has 4 aromatic carbocycles. The van der Waals surface area contributed by atoms with E-state index in [1.54, 1.807) is 0 Å². The van der Waals surface area contributed by atoms with E-state index in [9.17, 15) is 82.7 Å². The highest BCUT2D eigenvalue weighted by molar-refractivity contribution is 7.87. The van der Waals surface area contributed by atoms with Gasteiger partial charge in [0.2, 0.25) is 5.82 Å². The Labute approximate surface area is 320 Å². The van der Waals surface area contributed by atoms with E-state index < -0.39 is 123 Å². The first-order valence-electron chi connectivity index (χ1n) is 15.2. The SMILES string of the molecule is Cc1c(F)c(F)c(F)c(S(=O)(=O)ON=C(c2ccc(OCCCOc3ccc(C(=NOS(=O)(=O)c4c(F)c(F)c(F)c(F)c4F)C(F)(F)F)cc3)cc2)C(F)(F)F)c1F. The van der Waals surface area contributed by atoms with E-state index in [1.165, 1.54) is 0 Å². The number of nitrogens with zero attached hydrogens (tertiary/aromatic N) is 2. The van der Waals surface area contributed by atoms with Gasteiger partial charge in [0.15, 0.2) is 67.8 Å². The molecule has 0 saturated heterocycles. The molecule has 0 bridgehead atoms. The quantitative estimate of drug-likeness (QED) is 0.0308. The Morgan fingerprint density at radius 3 is 1.14 bits per heavy atom.